The summed E-state index contributed by atoms with van der Waals surface area (Å²) in [5, 5.41) is 3.08. The largest absolute Gasteiger partial charge is 0.349 e. The van der Waals surface area contributed by atoms with E-state index in [9.17, 15) is 4.79 Å². The highest BCUT2D eigenvalue weighted by atomic mass is 79.9. The van der Waals surface area contributed by atoms with E-state index < -0.39 is 0 Å². The quantitative estimate of drug-likeness (QED) is 0.915. The van der Waals surface area contributed by atoms with Gasteiger partial charge in [-0.2, -0.15) is 0 Å². The molecular weight excluding hydrogens is 328 g/mol. The van der Waals surface area contributed by atoms with Crippen molar-refractivity contribution in [2.75, 3.05) is 0 Å². The molecule has 21 heavy (non-hydrogen) atoms. The first-order chi connectivity index (χ1) is 10.1. The number of hydrogen-bond acceptors (Lipinski definition) is 2. The molecule has 0 unspecified atom stereocenters. The van der Waals surface area contributed by atoms with Gasteiger partial charge >= 0.3 is 0 Å². The Morgan fingerprint density at radius 2 is 2.10 bits per heavy atom. The zero-order chi connectivity index (χ0) is 14.8. The maximum atomic E-state index is 12.3. The van der Waals surface area contributed by atoms with Crippen molar-refractivity contribution >= 4 is 21.8 Å². The fraction of sp³-hybridized carbons (Fsp3) is 0.294. The van der Waals surface area contributed by atoms with Crippen LogP contribution in [-0.2, 0) is 4.79 Å². The van der Waals surface area contributed by atoms with Crippen LogP contribution in [0.25, 0.3) is 0 Å². The lowest BCUT2D eigenvalue weighted by atomic mass is 10.1. The fourth-order valence-corrected chi connectivity index (χ4v) is 2.86. The van der Waals surface area contributed by atoms with E-state index >= 15 is 0 Å². The van der Waals surface area contributed by atoms with Gasteiger partial charge in [0.2, 0.25) is 5.91 Å². The van der Waals surface area contributed by atoms with E-state index in [1.807, 2.05) is 31.2 Å². The van der Waals surface area contributed by atoms with Crippen molar-refractivity contribution in [3.63, 3.8) is 0 Å². The van der Waals surface area contributed by atoms with Gasteiger partial charge in [0, 0.05) is 22.8 Å². The van der Waals surface area contributed by atoms with Crippen molar-refractivity contribution in [2.24, 2.45) is 5.92 Å². The lowest BCUT2D eigenvalue weighted by molar-refractivity contribution is -0.123. The molecule has 1 aromatic carbocycles. The molecule has 0 saturated heterocycles. The van der Waals surface area contributed by atoms with E-state index in [4.69, 9.17) is 0 Å². The predicted octanol–water partition coefficient (Wildman–Crippen LogP) is 3.83. The van der Waals surface area contributed by atoms with E-state index in [-0.39, 0.29) is 17.9 Å². The van der Waals surface area contributed by atoms with Gasteiger partial charge in [0.25, 0.3) is 0 Å². The number of carbonyl (C=O) groups is 1. The average Bonchev–Trinajstić information content (AvgIpc) is 3.29. The van der Waals surface area contributed by atoms with Gasteiger partial charge < -0.3 is 5.32 Å². The summed E-state index contributed by atoms with van der Waals surface area (Å²) in [6, 6.07) is 12.1. The number of benzene rings is 1. The van der Waals surface area contributed by atoms with Crippen LogP contribution in [0.2, 0.25) is 0 Å². The van der Waals surface area contributed by atoms with Crippen molar-refractivity contribution < 1.29 is 4.79 Å². The zero-order valence-electron chi connectivity index (χ0n) is 11.8. The van der Waals surface area contributed by atoms with Gasteiger partial charge in [-0.15, -0.1) is 0 Å². The number of nitrogens with one attached hydrogen (secondary N) is 1. The molecule has 1 heterocycles. The highest BCUT2D eigenvalue weighted by Crippen LogP contribution is 2.47. The number of aromatic nitrogens is 1. The monoisotopic (exact) mass is 344 g/mol. The summed E-state index contributed by atoms with van der Waals surface area (Å²) in [5.74, 6) is 0.601. The molecule has 1 aliphatic rings. The van der Waals surface area contributed by atoms with Crippen molar-refractivity contribution in [1.82, 2.24) is 10.3 Å². The van der Waals surface area contributed by atoms with Crippen molar-refractivity contribution in [2.45, 2.75) is 25.3 Å². The molecule has 2 aromatic rings. The van der Waals surface area contributed by atoms with Gasteiger partial charge in [0.05, 0.1) is 6.04 Å². The van der Waals surface area contributed by atoms with Gasteiger partial charge in [0.15, 0.2) is 0 Å². The number of pyridine rings is 1. The Kier molecular flexibility index (Phi) is 4.06. The lowest BCUT2D eigenvalue weighted by Gasteiger charge is -2.13. The summed E-state index contributed by atoms with van der Waals surface area (Å²) in [6.07, 6.45) is 4.47. The summed E-state index contributed by atoms with van der Waals surface area (Å²) in [7, 11) is 0. The maximum Gasteiger partial charge on any atom is 0.224 e. The SMILES string of the molecule is C[C@H](NC(=O)[C@H]1C[C@H]1c1ccc(Br)cc1)c1cccnc1. The van der Waals surface area contributed by atoms with E-state index in [1.54, 1.807) is 12.4 Å². The number of amides is 1. The van der Waals surface area contributed by atoms with Crippen LogP contribution in [0.1, 0.15) is 36.4 Å². The van der Waals surface area contributed by atoms with E-state index in [2.05, 4.69) is 38.4 Å². The van der Waals surface area contributed by atoms with Crippen LogP contribution < -0.4 is 5.32 Å². The summed E-state index contributed by atoms with van der Waals surface area (Å²) < 4.78 is 1.07. The third-order valence-corrected chi connectivity index (χ3v) is 4.50. The van der Waals surface area contributed by atoms with Crippen LogP contribution >= 0.6 is 15.9 Å². The van der Waals surface area contributed by atoms with Crippen LogP contribution in [0.5, 0.6) is 0 Å². The average molecular weight is 345 g/mol. The Balaban J connectivity index is 1.59. The Bertz CT molecular complexity index is 627. The Morgan fingerprint density at radius 1 is 1.33 bits per heavy atom. The Morgan fingerprint density at radius 3 is 2.76 bits per heavy atom. The third kappa shape index (κ3) is 3.32. The normalized spacial score (nSPS) is 21.6. The number of rotatable bonds is 4. The Hall–Kier alpha value is -1.68. The standard InChI is InChI=1S/C17H17BrN2O/c1-11(13-3-2-8-19-10-13)20-17(21)16-9-15(16)12-4-6-14(18)7-5-12/h2-8,10-11,15-16H,9H2,1H3,(H,20,21)/t11-,15-,16-/m0/s1. The van der Waals surface area contributed by atoms with Crippen LogP contribution in [0.3, 0.4) is 0 Å². The molecule has 1 fully saturated rings. The van der Waals surface area contributed by atoms with Gasteiger partial charge in [-0.05, 0) is 48.6 Å². The van der Waals surface area contributed by atoms with Crippen LogP contribution in [0.15, 0.2) is 53.3 Å². The number of halogens is 1. The summed E-state index contributed by atoms with van der Waals surface area (Å²) >= 11 is 3.43. The molecule has 1 amide bonds. The van der Waals surface area contributed by atoms with Gasteiger partial charge in [-0.25, -0.2) is 0 Å². The molecular formula is C17H17BrN2O. The van der Waals surface area contributed by atoms with Crippen LogP contribution in [0.4, 0.5) is 0 Å². The van der Waals surface area contributed by atoms with Crippen molar-refractivity contribution in [3.05, 3.63) is 64.4 Å². The minimum Gasteiger partial charge on any atom is -0.349 e. The Labute approximate surface area is 132 Å². The fourth-order valence-electron chi connectivity index (χ4n) is 2.60. The molecule has 1 N–H and O–H groups in total. The number of hydrogen-bond donors (Lipinski definition) is 1. The van der Waals surface area contributed by atoms with Crippen molar-refractivity contribution in [3.8, 4) is 0 Å². The third-order valence-electron chi connectivity index (χ3n) is 3.97. The predicted molar refractivity (Wildman–Crippen MR) is 85.8 cm³/mol. The summed E-state index contributed by atoms with van der Waals surface area (Å²) in [5.41, 5.74) is 2.28. The minimum absolute atomic E-state index is 0.00244. The van der Waals surface area contributed by atoms with Gasteiger partial charge in [0.1, 0.15) is 0 Å². The molecule has 1 aromatic heterocycles. The van der Waals surface area contributed by atoms with E-state index in [0.29, 0.717) is 5.92 Å². The first-order valence-corrected chi connectivity index (χ1v) is 7.90. The molecule has 0 spiro atoms. The maximum absolute atomic E-state index is 12.3. The van der Waals surface area contributed by atoms with Crippen LogP contribution in [0, 0.1) is 5.92 Å². The molecule has 0 aliphatic heterocycles. The molecule has 3 nitrogen and oxygen atoms in total. The molecule has 3 atom stereocenters. The molecule has 0 radical (unpaired) electrons. The number of nitrogens with zero attached hydrogens (tertiary/aromatic N) is 1. The number of carbonyl (C=O) groups excluding carboxylic acids is 1. The molecule has 1 saturated carbocycles. The van der Waals surface area contributed by atoms with Gasteiger partial charge in [-0.1, -0.05) is 34.1 Å². The van der Waals surface area contributed by atoms with Crippen molar-refractivity contribution in [1.29, 1.82) is 0 Å². The smallest absolute Gasteiger partial charge is 0.224 e. The second-order valence-electron chi connectivity index (χ2n) is 5.52. The first kappa shape index (κ1) is 14.3. The van der Waals surface area contributed by atoms with E-state index in [1.165, 1.54) is 5.56 Å². The van der Waals surface area contributed by atoms with Crippen LogP contribution in [-0.4, -0.2) is 10.9 Å². The lowest BCUT2D eigenvalue weighted by Crippen LogP contribution is -2.28. The summed E-state index contributed by atoms with van der Waals surface area (Å²) in [4.78, 5) is 16.4. The first-order valence-electron chi connectivity index (χ1n) is 7.11. The second kappa shape index (κ2) is 5.98. The molecule has 3 rings (SSSR count). The molecule has 108 valence electrons. The molecule has 4 heteroatoms. The topological polar surface area (TPSA) is 42.0 Å². The second-order valence-corrected chi connectivity index (χ2v) is 6.43. The highest BCUT2D eigenvalue weighted by molar-refractivity contribution is 9.10. The molecule has 0 bridgehead atoms. The minimum atomic E-state index is -0.00244. The van der Waals surface area contributed by atoms with E-state index in [0.717, 1.165) is 16.5 Å². The molecule has 1 aliphatic carbocycles. The zero-order valence-corrected chi connectivity index (χ0v) is 13.4. The summed E-state index contributed by atoms with van der Waals surface area (Å²) in [6.45, 7) is 1.99. The highest BCUT2D eigenvalue weighted by Gasteiger charge is 2.44. The van der Waals surface area contributed by atoms with Gasteiger partial charge in [-0.3, -0.25) is 9.78 Å².